The first-order valence-electron chi connectivity index (χ1n) is 8.75. The number of benzene rings is 2. The van der Waals surface area contributed by atoms with Gasteiger partial charge >= 0.3 is 5.97 Å². The minimum absolute atomic E-state index is 0.00121. The maximum atomic E-state index is 12.3. The van der Waals surface area contributed by atoms with Crippen LogP contribution in [0.4, 0.5) is 11.4 Å². The van der Waals surface area contributed by atoms with Gasteiger partial charge in [0.05, 0.1) is 30.7 Å². The first-order chi connectivity index (χ1) is 13.8. The third kappa shape index (κ3) is 5.85. The summed E-state index contributed by atoms with van der Waals surface area (Å²) in [7, 11) is -3.57. The predicted molar refractivity (Wildman–Crippen MR) is 106 cm³/mol. The van der Waals surface area contributed by atoms with Gasteiger partial charge in [-0.2, -0.15) is 0 Å². The Hall–Kier alpha value is -3.27. The lowest BCUT2D eigenvalue weighted by Crippen LogP contribution is -2.22. The number of amides is 1. The number of fused-ring (bicyclic) bond motifs is 1. The molecule has 1 heterocycles. The van der Waals surface area contributed by atoms with Crippen LogP contribution in [0.1, 0.15) is 16.8 Å². The first kappa shape index (κ1) is 20.5. The summed E-state index contributed by atoms with van der Waals surface area (Å²) in [5, 5.41) is 2.61. The second-order valence-corrected chi connectivity index (χ2v) is 8.00. The van der Waals surface area contributed by atoms with E-state index in [1.54, 1.807) is 30.3 Å². The zero-order valence-corrected chi connectivity index (χ0v) is 16.5. The number of sulfonamides is 1. The van der Waals surface area contributed by atoms with Crippen molar-refractivity contribution in [2.45, 2.75) is 6.42 Å². The summed E-state index contributed by atoms with van der Waals surface area (Å²) in [6.45, 7) is 0.535. The van der Waals surface area contributed by atoms with E-state index in [2.05, 4.69) is 10.0 Å². The van der Waals surface area contributed by atoms with Crippen molar-refractivity contribution in [3.8, 4) is 11.5 Å². The van der Waals surface area contributed by atoms with E-state index in [1.807, 2.05) is 0 Å². The van der Waals surface area contributed by atoms with Crippen molar-refractivity contribution in [3.63, 3.8) is 0 Å². The van der Waals surface area contributed by atoms with Crippen molar-refractivity contribution in [2.24, 2.45) is 0 Å². The first-order valence-corrected chi connectivity index (χ1v) is 10.6. The highest BCUT2D eigenvalue weighted by atomic mass is 32.2. The van der Waals surface area contributed by atoms with Gasteiger partial charge in [-0.3, -0.25) is 9.52 Å². The Morgan fingerprint density at radius 1 is 1.07 bits per heavy atom. The van der Waals surface area contributed by atoms with E-state index >= 15 is 0 Å². The van der Waals surface area contributed by atoms with Crippen LogP contribution in [-0.2, 0) is 19.6 Å². The molecule has 0 atom stereocenters. The molecule has 10 heteroatoms. The van der Waals surface area contributed by atoms with Gasteiger partial charge in [0.25, 0.3) is 5.91 Å². The SMILES string of the molecule is CS(=O)(=O)Nc1ccccc1C(=O)OCC(=O)Nc1ccc2c(c1)OCCCO2. The van der Waals surface area contributed by atoms with Crippen LogP contribution in [-0.4, -0.2) is 46.4 Å². The van der Waals surface area contributed by atoms with Gasteiger partial charge in [-0.15, -0.1) is 0 Å². The van der Waals surface area contributed by atoms with E-state index in [1.165, 1.54) is 12.1 Å². The van der Waals surface area contributed by atoms with Gasteiger partial charge < -0.3 is 19.5 Å². The summed E-state index contributed by atoms with van der Waals surface area (Å²) in [6, 6.07) is 10.9. The van der Waals surface area contributed by atoms with Gasteiger partial charge in [-0.25, -0.2) is 13.2 Å². The quantitative estimate of drug-likeness (QED) is 0.686. The molecule has 0 aromatic heterocycles. The number of hydrogen-bond donors (Lipinski definition) is 2. The lowest BCUT2D eigenvalue weighted by atomic mass is 10.2. The fourth-order valence-electron chi connectivity index (χ4n) is 2.60. The van der Waals surface area contributed by atoms with Crippen LogP contribution >= 0.6 is 0 Å². The van der Waals surface area contributed by atoms with Crippen molar-refractivity contribution in [2.75, 3.05) is 36.1 Å². The molecule has 0 bridgehead atoms. The van der Waals surface area contributed by atoms with Crippen LogP contribution in [0, 0.1) is 0 Å². The minimum Gasteiger partial charge on any atom is -0.490 e. The Kier molecular flexibility index (Phi) is 6.23. The fourth-order valence-corrected chi connectivity index (χ4v) is 3.17. The molecule has 1 aliphatic rings. The molecule has 2 aromatic rings. The largest absolute Gasteiger partial charge is 0.490 e. The maximum absolute atomic E-state index is 12.3. The summed E-state index contributed by atoms with van der Waals surface area (Å²) in [5.74, 6) is -0.257. The number of ether oxygens (including phenoxy) is 3. The summed E-state index contributed by atoms with van der Waals surface area (Å²) in [6.07, 6.45) is 1.74. The second-order valence-electron chi connectivity index (χ2n) is 6.26. The van der Waals surface area contributed by atoms with Crippen LogP contribution in [0.2, 0.25) is 0 Å². The summed E-state index contributed by atoms with van der Waals surface area (Å²) >= 11 is 0. The van der Waals surface area contributed by atoms with Gasteiger partial charge in [-0.1, -0.05) is 12.1 Å². The number of para-hydroxylation sites is 1. The van der Waals surface area contributed by atoms with Crippen LogP contribution < -0.4 is 19.5 Å². The molecule has 1 aliphatic heterocycles. The van der Waals surface area contributed by atoms with Crippen molar-refractivity contribution >= 4 is 33.3 Å². The average Bonchev–Trinajstić information content (AvgIpc) is 2.90. The molecule has 9 nitrogen and oxygen atoms in total. The van der Waals surface area contributed by atoms with Crippen LogP contribution in [0.3, 0.4) is 0 Å². The lowest BCUT2D eigenvalue weighted by molar-refractivity contribution is -0.119. The number of esters is 1. The molecule has 0 saturated carbocycles. The molecular formula is C19H20N2O7S. The third-order valence-corrected chi connectivity index (χ3v) is 4.40. The van der Waals surface area contributed by atoms with Gasteiger partial charge in [0.1, 0.15) is 0 Å². The minimum atomic E-state index is -3.57. The zero-order valence-electron chi connectivity index (χ0n) is 15.6. The monoisotopic (exact) mass is 420 g/mol. The average molecular weight is 420 g/mol. The van der Waals surface area contributed by atoms with Gasteiger partial charge in [0, 0.05) is 18.2 Å². The Morgan fingerprint density at radius 2 is 1.79 bits per heavy atom. The molecule has 2 aromatic carbocycles. The Labute approximate surface area is 168 Å². The van der Waals surface area contributed by atoms with E-state index in [9.17, 15) is 18.0 Å². The summed E-state index contributed by atoms with van der Waals surface area (Å²) in [5.41, 5.74) is 0.541. The second kappa shape index (κ2) is 8.82. The summed E-state index contributed by atoms with van der Waals surface area (Å²) in [4.78, 5) is 24.4. The standard InChI is InChI=1S/C19H20N2O7S/c1-29(24,25)21-15-6-3-2-5-14(15)19(23)28-12-18(22)20-13-7-8-16-17(11-13)27-10-4-9-26-16/h2-3,5-8,11,21H,4,9-10,12H2,1H3,(H,20,22). The fraction of sp³-hybridized carbons (Fsp3) is 0.263. The molecule has 0 fully saturated rings. The number of carbonyl (C=O) groups excluding carboxylic acids is 2. The molecule has 2 N–H and O–H groups in total. The van der Waals surface area contributed by atoms with E-state index in [0.717, 1.165) is 12.7 Å². The third-order valence-electron chi connectivity index (χ3n) is 3.81. The number of hydrogen-bond acceptors (Lipinski definition) is 7. The smallest absolute Gasteiger partial charge is 0.340 e. The van der Waals surface area contributed by atoms with E-state index in [-0.39, 0.29) is 11.3 Å². The van der Waals surface area contributed by atoms with Crippen LogP contribution in [0.15, 0.2) is 42.5 Å². The molecule has 3 rings (SSSR count). The number of carbonyl (C=O) groups is 2. The highest BCUT2D eigenvalue weighted by Crippen LogP contribution is 2.32. The molecule has 0 saturated heterocycles. The highest BCUT2D eigenvalue weighted by Gasteiger charge is 2.17. The van der Waals surface area contributed by atoms with Crippen molar-refractivity contribution in [3.05, 3.63) is 48.0 Å². The lowest BCUT2D eigenvalue weighted by Gasteiger charge is -2.12. The number of nitrogens with one attached hydrogen (secondary N) is 2. The topological polar surface area (TPSA) is 120 Å². The molecule has 0 aliphatic carbocycles. The van der Waals surface area contributed by atoms with Crippen LogP contribution in [0.25, 0.3) is 0 Å². The molecule has 0 radical (unpaired) electrons. The molecule has 29 heavy (non-hydrogen) atoms. The molecule has 0 spiro atoms. The van der Waals surface area contributed by atoms with Crippen molar-refractivity contribution in [1.82, 2.24) is 0 Å². The Morgan fingerprint density at radius 3 is 2.55 bits per heavy atom. The highest BCUT2D eigenvalue weighted by molar-refractivity contribution is 7.92. The van der Waals surface area contributed by atoms with E-state index < -0.39 is 28.5 Å². The molecule has 1 amide bonds. The van der Waals surface area contributed by atoms with Gasteiger partial charge in [0.15, 0.2) is 18.1 Å². The van der Waals surface area contributed by atoms with E-state index in [4.69, 9.17) is 14.2 Å². The van der Waals surface area contributed by atoms with Crippen molar-refractivity contribution in [1.29, 1.82) is 0 Å². The van der Waals surface area contributed by atoms with Crippen molar-refractivity contribution < 1.29 is 32.2 Å². The predicted octanol–water partition coefficient (Wildman–Crippen LogP) is 2.01. The number of anilines is 2. The molecule has 0 unspecified atom stereocenters. The molecular weight excluding hydrogens is 400 g/mol. The zero-order chi connectivity index (χ0) is 20.9. The Bertz CT molecular complexity index is 1020. The van der Waals surface area contributed by atoms with E-state index in [0.29, 0.717) is 30.4 Å². The van der Waals surface area contributed by atoms with Crippen LogP contribution in [0.5, 0.6) is 11.5 Å². The Balaban J connectivity index is 1.60. The molecule has 154 valence electrons. The maximum Gasteiger partial charge on any atom is 0.340 e. The number of rotatable bonds is 6. The van der Waals surface area contributed by atoms with Gasteiger partial charge in [0.2, 0.25) is 10.0 Å². The van der Waals surface area contributed by atoms with Gasteiger partial charge in [-0.05, 0) is 24.3 Å². The normalized spacial score (nSPS) is 13.1. The summed E-state index contributed by atoms with van der Waals surface area (Å²) < 4.78 is 41.2.